The highest BCUT2D eigenvalue weighted by Crippen LogP contribution is 2.64. The fourth-order valence-electron chi connectivity index (χ4n) is 6.76. The predicted molar refractivity (Wildman–Crippen MR) is 166 cm³/mol. The molecule has 1 fully saturated rings. The number of nitrogens with one attached hydrogen (secondary N) is 2. The third-order valence-corrected chi connectivity index (χ3v) is 9.04. The Hall–Kier alpha value is -5.36. The third kappa shape index (κ3) is 4.09. The van der Waals surface area contributed by atoms with Crippen LogP contribution in [0.2, 0.25) is 0 Å². The molecule has 6 rings (SSSR count). The van der Waals surface area contributed by atoms with E-state index in [0.717, 1.165) is 5.56 Å². The van der Waals surface area contributed by atoms with Gasteiger partial charge in [-0.05, 0) is 42.8 Å². The molecule has 4 N–H and O–H groups in total. The van der Waals surface area contributed by atoms with Gasteiger partial charge in [-0.25, -0.2) is 10.0 Å². The summed E-state index contributed by atoms with van der Waals surface area (Å²) >= 11 is 0. The highest BCUT2D eigenvalue weighted by Gasteiger charge is 2.77. The van der Waals surface area contributed by atoms with Gasteiger partial charge in [0.1, 0.15) is 11.4 Å². The summed E-state index contributed by atoms with van der Waals surface area (Å²) in [4.78, 5) is 52.0. The molecular formula is C33H34N6O6. The maximum atomic E-state index is 13.9. The molecule has 1 spiro atoms. The van der Waals surface area contributed by atoms with Crippen molar-refractivity contribution in [1.29, 1.82) is 0 Å². The number of aromatic hydroxyl groups is 1. The molecule has 0 bridgehead atoms. The van der Waals surface area contributed by atoms with E-state index in [-0.39, 0.29) is 29.8 Å². The van der Waals surface area contributed by atoms with Crippen LogP contribution in [0.5, 0.6) is 5.75 Å². The maximum Gasteiger partial charge on any atom is 0.296 e. The lowest BCUT2D eigenvalue weighted by atomic mass is 9.57. The molecule has 45 heavy (non-hydrogen) atoms. The normalized spacial score (nSPS) is 23.6. The van der Waals surface area contributed by atoms with Crippen LogP contribution in [0.15, 0.2) is 91.2 Å². The number of hydrogen-bond donors (Lipinski definition) is 4. The maximum absolute atomic E-state index is 13.9. The number of aliphatic hydroxyl groups is 1. The average Bonchev–Trinajstić information content (AvgIpc) is 3.66. The number of carbonyl (C=O) groups is 3. The number of nitrogens with zero attached hydrogens (tertiary/aromatic N) is 4. The zero-order valence-corrected chi connectivity index (χ0v) is 25.3. The van der Waals surface area contributed by atoms with E-state index in [0.29, 0.717) is 17.1 Å². The smallest absolute Gasteiger partial charge is 0.296 e. The summed E-state index contributed by atoms with van der Waals surface area (Å²) < 4.78 is 1.72. The van der Waals surface area contributed by atoms with Crippen molar-refractivity contribution in [2.75, 3.05) is 17.5 Å². The summed E-state index contributed by atoms with van der Waals surface area (Å²) in [5, 5.41) is 28.4. The summed E-state index contributed by atoms with van der Waals surface area (Å²) in [6.45, 7) is 9.73. The lowest BCUT2D eigenvalue weighted by Crippen LogP contribution is -2.76. The van der Waals surface area contributed by atoms with E-state index in [1.54, 1.807) is 35.0 Å². The van der Waals surface area contributed by atoms with E-state index in [4.69, 9.17) is 4.84 Å². The fraction of sp³-hybridized carbons (Fsp3) is 0.273. The van der Waals surface area contributed by atoms with Crippen molar-refractivity contribution in [3.05, 3.63) is 102 Å². The Morgan fingerprint density at radius 3 is 2.60 bits per heavy atom. The Morgan fingerprint density at radius 1 is 1.18 bits per heavy atom. The molecule has 4 heterocycles. The number of anilines is 2. The Morgan fingerprint density at radius 2 is 1.89 bits per heavy atom. The molecule has 0 unspecified atom stereocenters. The zero-order valence-electron chi connectivity index (χ0n) is 25.3. The van der Waals surface area contributed by atoms with Gasteiger partial charge in [0, 0.05) is 24.1 Å². The number of phenols is 1. The number of amides is 3. The van der Waals surface area contributed by atoms with E-state index < -0.39 is 34.2 Å². The summed E-state index contributed by atoms with van der Waals surface area (Å²) in [6, 6.07) is 13.5. The molecule has 3 amide bonds. The summed E-state index contributed by atoms with van der Waals surface area (Å²) in [5.41, 5.74) is -0.117. The van der Waals surface area contributed by atoms with E-state index in [9.17, 15) is 24.6 Å². The van der Waals surface area contributed by atoms with Gasteiger partial charge >= 0.3 is 0 Å². The first kappa shape index (κ1) is 29.7. The quantitative estimate of drug-likeness (QED) is 0.169. The van der Waals surface area contributed by atoms with Gasteiger partial charge in [0.05, 0.1) is 35.9 Å². The summed E-state index contributed by atoms with van der Waals surface area (Å²) in [7, 11) is 1.45. The molecule has 2 aromatic carbocycles. The van der Waals surface area contributed by atoms with Gasteiger partial charge in [-0.3, -0.25) is 24.1 Å². The second kappa shape index (κ2) is 10.4. The topological polar surface area (TPSA) is 149 Å². The van der Waals surface area contributed by atoms with Crippen molar-refractivity contribution in [3.63, 3.8) is 0 Å². The number of carbonyl (C=O) groups excluding carboxylic acids is 3. The Kier molecular flexibility index (Phi) is 6.85. The number of hydroxylamine groups is 1. The van der Waals surface area contributed by atoms with Crippen LogP contribution in [0.1, 0.15) is 44.5 Å². The SMILES string of the molecule is C=CC(C)(C)[C@@]12C=C(O)C(=O)N3/C(=C\c4cn([C@@H](C)CC(=O)Nc5ccccc5O)cn4)C(=O)N[C@]31N(OC)c1ccccc12. The van der Waals surface area contributed by atoms with Crippen LogP contribution in [0.4, 0.5) is 11.4 Å². The molecule has 0 radical (unpaired) electrons. The van der Waals surface area contributed by atoms with Crippen LogP contribution >= 0.6 is 0 Å². The molecule has 1 aromatic heterocycles. The summed E-state index contributed by atoms with van der Waals surface area (Å²) in [5.74, 6) is -3.86. The second-order valence-electron chi connectivity index (χ2n) is 11.9. The van der Waals surface area contributed by atoms with Crippen LogP contribution in [0, 0.1) is 5.41 Å². The molecule has 12 nitrogen and oxygen atoms in total. The molecule has 3 atom stereocenters. The fourth-order valence-corrected chi connectivity index (χ4v) is 6.76. The number of phenolic OH excluding ortho intramolecular Hbond substituents is 1. The number of rotatable bonds is 8. The zero-order chi connectivity index (χ0) is 32.3. The molecular weight excluding hydrogens is 576 g/mol. The molecule has 0 aliphatic carbocycles. The van der Waals surface area contributed by atoms with E-state index in [1.165, 1.54) is 41.6 Å². The van der Waals surface area contributed by atoms with Crippen molar-refractivity contribution in [2.24, 2.45) is 5.41 Å². The van der Waals surface area contributed by atoms with Gasteiger partial charge in [-0.15, -0.1) is 6.58 Å². The van der Waals surface area contributed by atoms with Crippen LogP contribution in [0.25, 0.3) is 6.08 Å². The lowest BCUT2D eigenvalue weighted by Gasteiger charge is -2.56. The number of aliphatic hydroxyl groups excluding tert-OH is 1. The highest BCUT2D eigenvalue weighted by molar-refractivity contribution is 6.10. The lowest BCUT2D eigenvalue weighted by molar-refractivity contribution is -0.144. The average molecular weight is 611 g/mol. The minimum atomic E-state index is -1.63. The molecule has 0 saturated carbocycles. The number of allylic oxidation sites excluding steroid dienone is 1. The first-order chi connectivity index (χ1) is 21.4. The minimum Gasteiger partial charge on any atom is -0.506 e. The van der Waals surface area contributed by atoms with Crippen molar-refractivity contribution >= 4 is 35.2 Å². The van der Waals surface area contributed by atoms with Gasteiger partial charge < -0.3 is 25.4 Å². The largest absolute Gasteiger partial charge is 0.506 e. The van der Waals surface area contributed by atoms with E-state index >= 15 is 0 Å². The van der Waals surface area contributed by atoms with Crippen LogP contribution in [0.3, 0.4) is 0 Å². The van der Waals surface area contributed by atoms with Crippen molar-refractivity contribution < 1.29 is 29.4 Å². The number of imidazole rings is 1. The molecule has 3 aliphatic rings. The molecule has 1 saturated heterocycles. The first-order valence-electron chi connectivity index (χ1n) is 14.4. The second-order valence-corrected chi connectivity index (χ2v) is 11.9. The van der Waals surface area contributed by atoms with Gasteiger partial charge in [0.15, 0.2) is 5.76 Å². The Bertz CT molecular complexity index is 1810. The standard InChI is InChI=1S/C33H34N6O6/c1-6-31(3,4)32-17-27(41)30(44)38-25(29(43)36-33(32,38)39(45-5)24-13-9-7-11-22(24)32)16-21-18-37(19-34-21)20(2)15-28(42)35-23-12-8-10-14-26(23)40/h6-14,16-20,40-41H,1,15H2,2-5H3,(H,35,42)(H,36,43)/b25-16-/t20-,32-,33-/m0/s1. The third-order valence-electron chi connectivity index (χ3n) is 9.04. The number of benzene rings is 2. The van der Waals surface area contributed by atoms with Gasteiger partial charge in [-0.1, -0.05) is 50.3 Å². The number of hydrogen-bond acceptors (Lipinski definition) is 8. The highest BCUT2D eigenvalue weighted by atomic mass is 16.7. The molecule has 232 valence electrons. The van der Waals surface area contributed by atoms with Gasteiger partial charge in [-0.2, -0.15) is 0 Å². The first-order valence-corrected chi connectivity index (χ1v) is 14.4. The number of fused-ring (bicyclic) bond motifs is 2. The molecule has 3 aliphatic heterocycles. The van der Waals surface area contributed by atoms with Crippen molar-refractivity contribution in [1.82, 2.24) is 19.8 Å². The van der Waals surface area contributed by atoms with E-state index in [1.807, 2.05) is 45.0 Å². The van der Waals surface area contributed by atoms with Crippen LogP contribution in [-0.4, -0.2) is 55.3 Å². The summed E-state index contributed by atoms with van der Waals surface area (Å²) in [6.07, 6.45) is 7.95. The van der Waals surface area contributed by atoms with Crippen LogP contribution < -0.4 is 15.7 Å². The van der Waals surface area contributed by atoms with Gasteiger partial charge in [0.2, 0.25) is 11.7 Å². The Balaban J connectivity index is 1.39. The van der Waals surface area contributed by atoms with Gasteiger partial charge in [0.25, 0.3) is 11.8 Å². The van der Waals surface area contributed by atoms with E-state index in [2.05, 4.69) is 22.2 Å². The van der Waals surface area contributed by atoms with Crippen molar-refractivity contribution in [3.8, 4) is 5.75 Å². The monoisotopic (exact) mass is 610 g/mol. The molecule has 3 aromatic rings. The number of aromatic nitrogens is 2. The minimum absolute atomic E-state index is 0.0336. The predicted octanol–water partition coefficient (Wildman–Crippen LogP) is 4.12. The Labute approximate surface area is 259 Å². The number of para-hydroxylation sites is 3. The van der Waals surface area contributed by atoms with Crippen LogP contribution in [-0.2, 0) is 24.6 Å². The molecule has 12 heteroatoms. The van der Waals surface area contributed by atoms with Crippen molar-refractivity contribution in [2.45, 2.75) is 44.4 Å².